The molecule has 1 atom stereocenters. The van der Waals surface area contributed by atoms with Gasteiger partial charge in [0.2, 0.25) is 0 Å². The lowest BCUT2D eigenvalue weighted by molar-refractivity contribution is 0.290. The first-order chi connectivity index (χ1) is 5.74. The van der Waals surface area contributed by atoms with Crippen LogP contribution in [0.4, 0.5) is 0 Å². The second-order valence-corrected chi connectivity index (χ2v) is 4.11. The maximum atomic E-state index is 8.75. The predicted molar refractivity (Wildman–Crippen MR) is 52.0 cm³/mol. The van der Waals surface area contributed by atoms with Crippen molar-refractivity contribution in [1.82, 2.24) is 0 Å². The molecule has 0 aromatic rings. The van der Waals surface area contributed by atoms with E-state index in [1.807, 2.05) is 0 Å². The Bertz CT molecular complexity index is 158. The summed E-state index contributed by atoms with van der Waals surface area (Å²) in [6, 6.07) is 0. The number of hydrogen-bond donors (Lipinski definition) is 1. The molecule has 0 heterocycles. The zero-order valence-electron chi connectivity index (χ0n) is 8.21. The first kappa shape index (κ1) is 9.79. The fourth-order valence-electron chi connectivity index (χ4n) is 1.88. The van der Waals surface area contributed by atoms with Gasteiger partial charge in [-0.3, -0.25) is 0 Å². The molecule has 1 nitrogen and oxygen atoms in total. The van der Waals surface area contributed by atoms with Crippen LogP contribution in [0.1, 0.15) is 39.5 Å². The minimum atomic E-state index is 0.318. The number of aliphatic hydroxyl groups is 1. The number of aliphatic hydroxyl groups excluding tert-OH is 1. The molecule has 0 aliphatic heterocycles. The fraction of sp³-hybridized carbons (Fsp3) is 0.818. The lowest BCUT2D eigenvalue weighted by Gasteiger charge is -2.24. The molecule has 0 aromatic heterocycles. The van der Waals surface area contributed by atoms with Gasteiger partial charge in [0.25, 0.3) is 0 Å². The summed E-state index contributed by atoms with van der Waals surface area (Å²) in [6.07, 6.45) is 7.00. The maximum absolute atomic E-state index is 8.75. The molecule has 0 radical (unpaired) electrons. The van der Waals surface area contributed by atoms with Crippen molar-refractivity contribution in [2.75, 3.05) is 6.61 Å². The van der Waals surface area contributed by atoms with E-state index in [1.165, 1.54) is 24.8 Å². The lowest BCUT2D eigenvalue weighted by Crippen LogP contribution is -2.12. The summed E-state index contributed by atoms with van der Waals surface area (Å²) in [5, 5.41) is 8.75. The second-order valence-electron chi connectivity index (χ2n) is 4.11. The third kappa shape index (κ3) is 2.63. The van der Waals surface area contributed by atoms with E-state index in [4.69, 9.17) is 5.11 Å². The van der Waals surface area contributed by atoms with Crippen LogP contribution in [-0.4, -0.2) is 11.7 Å². The number of rotatable bonds is 3. The lowest BCUT2D eigenvalue weighted by atomic mass is 9.82. The molecule has 1 aliphatic carbocycles. The van der Waals surface area contributed by atoms with E-state index in [2.05, 4.69) is 19.9 Å². The third-order valence-electron chi connectivity index (χ3n) is 2.92. The molecular formula is C11H20O. The van der Waals surface area contributed by atoms with Crippen molar-refractivity contribution >= 4 is 0 Å². The molecule has 70 valence electrons. The van der Waals surface area contributed by atoms with Crippen LogP contribution in [0.5, 0.6) is 0 Å². The van der Waals surface area contributed by atoms with Crippen LogP contribution in [0.25, 0.3) is 0 Å². The zero-order chi connectivity index (χ0) is 8.97. The minimum absolute atomic E-state index is 0.318. The highest BCUT2D eigenvalue weighted by atomic mass is 16.2. The molecule has 0 saturated heterocycles. The zero-order valence-corrected chi connectivity index (χ0v) is 8.21. The second kappa shape index (κ2) is 4.66. The highest BCUT2D eigenvalue weighted by Crippen LogP contribution is 2.29. The monoisotopic (exact) mass is 168 g/mol. The van der Waals surface area contributed by atoms with E-state index in [0.29, 0.717) is 6.61 Å². The van der Waals surface area contributed by atoms with Gasteiger partial charge in [0.15, 0.2) is 0 Å². The molecule has 0 aromatic carbocycles. The summed E-state index contributed by atoms with van der Waals surface area (Å²) in [6.45, 7) is 4.92. The van der Waals surface area contributed by atoms with Crippen LogP contribution in [0.2, 0.25) is 0 Å². The molecule has 0 spiro atoms. The average molecular weight is 168 g/mol. The van der Waals surface area contributed by atoms with Crippen LogP contribution in [0.3, 0.4) is 0 Å². The molecule has 1 N–H and O–H groups in total. The Labute approximate surface area is 75.5 Å². The van der Waals surface area contributed by atoms with Crippen molar-refractivity contribution in [3.05, 3.63) is 11.6 Å². The minimum Gasteiger partial charge on any atom is -0.396 e. The van der Waals surface area contributed by atoms with Crippen molar-refractivity contribution < 1.29 is 5.11 Å². The summed E-state index contributed by atoms with van der Waals surface area (Å²) in [4.78, 5) is 0. The first-order valence-electron chi connectivity index (χ1n) is 5.02. The van der Waals surface area contributed by atoms with Gasteiger partial charge in [-0.05, 0) is 37.5 Å². The largest absolute Gasteiger partial charge is 0.396 e. The molecule has 0 fully saturated rings. The van der Waals surface area contributed by atoms with Crippen molar-refractivity contribution in [3.63, 3.8) is 0 Å². The summed E-state index contributed by atoms with van der Waals surface area (Å²) >= 11 is 0. The van der Waals surface area contributed by atoms with E-state index in [0.717, 1.165) is 18.3 Å². The number of allylic oxidation sites excluding steroid dienone is 1. The van der Waals surface area contributed by atoms with Gasteiger partial charge in [0, 0.05) is 6.61 Å². The van der Waals surface area contributed by atoms with Crippen LogP contribution in [0, 0.1) is 11.8 Å². The fourth-order valence-corrected chi connectivity index (χ4v) is 1.88. The molecular weight excluding hydrogens is 148 g/mol. The smallest absolute Gasteiger partial charge is 0.0468 e. The van der Waals surface area contributed by atoms with Gasteiger partial charge >= 0.3 is 0 Å². The quantitative estimate of drug-likeness (QED) is 0.642. The molecule has 0 amide bonds. The Balaban J connectivity index is 2.36. The summed E-state index contributed by atoms with van der Waals surface area (Å²) in [5.74, 6) is 1.70. The summed E-state index contributed by atoms with van der Waals surface area (Å²) in [5.41, 5.74) is 1.47. The Morgan fingerprint density at radius 2 is 2.33 bits per heavy atom. The van der Waals surface area contributed by atoms with E-state index in [9.17, 15) is 0 Å². The SMILES string of the molecule is CC(C)C1CC=C(CCO)CC1. The van der Waals surface area contributed by atoms with Crippen molar-refractivity contribution in [2.24, 2.45) is 11.8 Å². The average Bonchev–Trinajstić information content (AvgIpc) is 2.06. The van der Waals surface area contributed by atoms with Gasteiger partial charge in [0.1, 0.15) is 0 Å². The Hall–Kier alpha value is -0.300. The molecule has 0 bridgehead atoms. The molecule has 1 unspecified atom stereocenters. The van der Waals surface area contributed by atoms with E-state index in [-0.39, 0.29) is 0 Å². The molecule has 12 heavy (non-hydrogen) atoms. The topological polar surface area (TPSA) is 20.2 Å². The third-order valence-corrected chi connectivity index (χ3v) is 2.92. The van der Waals surface area contributed by atoms with Gasteiger partial charge in [0.05, 0.1) is 0 Å². The molecule has 1 heteroatoms. The van der Waals surface area contributed by atoms with E-state index in [1.54, 1.807) is 0 Å². The van der Waals surface area contributed by atoms with Crippen LogP contribution in [0.15, 0.2) is 11.6 Å². The standard InChI is InChI=1S/C11H20O/c1-9(2)11-5-3-10(4-6-11)7-8-12/h3,9,11-12H,4-8H2,1-2H3. The highest BCUT2D eigenvalue weighted by Gasteiger charge is 2.16. The van der Waals surface area contributed by atoms with Crippen LogP contribution in [-0.2, 0) is 0 Å². The van der Waals surface area contributed by atoms with Gasteiger partial charge in [-0.25, -0.2) is 0 Å². The molecule has 0 saturated carbocycles. The predicted octanol–water partition coefficient (Wildman–Crippen LogP) is 2.75. The maximum Gasteiger partial charge on any atom is 0.0468 e. The van der Waals surface area contributed by atoms with E-state index >= 15 is 0 Å². The number of hydrogen-bond acceptors (Lipinski definition) is 1. The Morgan fingerprint density at radius 3 is 2.75 bits per heavy atom. The van der Waals surface area contributed by atoms with Crippen LogP contribution >= 0.6 is 0 Å². The summed E-state index contributed by atoms with van der Waals surface area (Å²) in [7, 11) is 0. The molecule has 1 aliphatic rings. The van der Waals surface area contributed by atoms with Crippen molar-refractivity contribution in [3.8, 4) is 0 Å². The van der Waals surface area contributed by atoms with Crippen LogP contribution < -0.4 is 0 Å². The van der Waals surface area contributed by atoms with Gasteiger partial charge < -0.3 is 5.11 Å². The Morgan fingerprint density at radius 1 is 1.58 bits per heavy atom. The van der Waals surface area contributed by atoms with Crippen molar-refractivity contribution in [2.45, 2.75) is 39.5 Å². The Kier molecular flexibility index (Phi) is 3.80. The van der Waals surface area contributed by atoms with Gasteiger partial charge in [-0.15, -0.1) is 0 Å². The van der Waals surface area contributed by atoms with Gasteiger partial charge in [-0.2, -0.15) is 0 Å². The summed E-state index contributed by atoms with van der Waals surface area (Å²) < 4.78 is 0. The van der Waals surface area contributed by atoms with Crippen molar-refractivity contribution in [1.29, 1.82) is 0 Å². The normalized spacial score (nSPS) is 24.3. The van der Waals surface area contributed by atoms with E-state index < -0.39 is 0 Å². The highest BCUT2D eigenvalue weighted by molar-refractivity contribution is 5.06. The van der Waals surface area contributed by atoms with Gasteiger partial charge in [-0.1, -0.05) is 25.5 Å². The first-order valence-corrected chi connectivity index (χ1v) is 5.02. The molecule has 1 rings (SSSR count).